The zero-order chi connectivity index (χ0) is 41.5. The molecule has 0 bridgehead atoms. The number of aryl methyl sites for hydroxylation is 3. The van der Waals surface area contributed by atoms with Crippen LogP contribution in [0.4, 0.5) is 0 Å². The predicted octanol–water partition coefficient (Wildman–Crippen LogP) is 20.1. The standard InChI is InChI=1S/C57H110N/c1-4-7-10-13-16-19-22-25-28-31-34-37-40-43-46-49-52-58-54-56(50-47-44-41-38-35-32-29-26-23-20-17-14-11-8-5-2)53-57(55-58)51-48-45-42-39-36-33-30-27-24-21-18-15-12-9-6-3/h53-55H,4-52H2,1-3H3/q+1. The summed E-state index contributed by atoms with van der Waals surface area (Å²) in [7, 11) is 0. The minimum atomic E-state index is 1.22. The van der Waals surface area contributed by atoms with E-state index < -0.39 is 0 Å². The molecule has 0 aliphatic heterocycles. The molecule has 0 aliphatic carbocycles. The van der Waals surface area contributed by atoms with Crippen molar-refractivity contribution < 1.29 is 4.57 Å². The molecule has 0 fully saturated rings. The molecule has 0 atom stereocenters. The van der Waals surface area contributed by atoms with Gasteiger partial charge in [-0.1, -0.05) is 290 Å². The van der Waals surface area contributed by atoms with Crippen molar-refractivity contribution in [3.63, 3.8) is 0 Å². The van der Waals surface area contributed by atoms with Crippen molar-refractivity contribution in [3.05, 3.63) is 29.6 Å². The first-order chi connectivity index (χ1) is 28.8. The van der Waals surface area contributed by atoms with Crippen LogP contribution in [-0.4, -0.2) is 0 Å². The van der Waals surface area contributed by atoms with Crippen LogP contribution in [0.2, 0.25) is 0 Å². The fourth-order valence-electron chi connectivity index (χ4n) is 9.42. The lowest BCUT2D eigenvalue weighted by atomic mass is 10.0. The Bertz CT molecular complexity index is 852. The van der Waals surface area contributed by atoms with Crippen LogP contribution < -0.4 is 4.57 Å². The molecule has 1 aromatic heterocycles. The first-order valence-corrected chi connectivity index (χ1v) is 27.8. The molecule has 0 amide bonds. The molecule has 342 valence electrons. The van der Waals surface area contributed by atoms with Crippen molar-refractivity contribution in [2.45, 2.75) is 336 Å². The van der Waals surface area contributed by atoms with Crippen LogP contribution in [0.1, 0.15) is 327 Å². The fourth-order valence-corrected chi connectivity index (χ4v) is 9.42. The lowest BCUT2D eigenvalue weighted by Gasteiger charge is -2.08. The topological polar surface area (TPSA) is 3.88 Å². The SMILES string of the molecule is CCCCCCCCCCCCCCCCCC[n+]1cc(CCCCCCCCCCCCCCCCC)cc(CCCCCCCCCCCCCCCCC)c1. The summed E-state index contributed by atoms with van der Waals surface area (Å²) < 4.78 is 2.60. The second-order valence-corrected chi connectivity index (χ2v) is 19.5. The quantitative estimate of drug-likeness (QED) is 0.0456. The van der Waals surface area contributed by atoms with Crippen molar-refractivity contribution in [2.24, 2.45) is 0 Å². The Balaban J connectivity index is 2.27. The van der Waals surface area contributed by atoms with E-state index in [1.54, 1.807) is 11.1 Å². The van der Waals surface area contributed by atoms with Gasteiger partial charge in [-0.05, 0) is 38.2 Å². The Morgan fingerprint density at radius 3 is 0.655 bits per heavy atom. The molecule has 0 saturated carbocycles. The van der Waals surface area contributed by atoms with Crippen LogP contribution in [0.5, 0.6) is 0 Å². The highest BCUT2D eigenvalue weighted by Crippen LogP contribution is 2.18. The zero-order valence-corrected chi connectivity index (χ0v) is 40.8. The molecule has 0 aliphatic rings. The second kappa shape index (κ2) is 47.2. The van der Waals surface area contributed by atoms with Gasteiger partial charge in [0.1, 0.15) is 6.54 Å². The third-order valence-electron chi connectivity index (χ3n) is 13.4. The summed E-state index contributed by atoms with van der Waals surface area (Å²) in [5.74, 6) is 0. The van der Waals surface area contributed by atoms with E-state index in [2.05, 4.69) is 43.8 Å². The monoisotopic (exact) mass is 809 g/mol. The first kappa shape index (κ1) is 55.2. The van der Waals surface area contributed by atoms with E-state index in [-0.39, 0.29) is 0 Å². The summed E-state index contributed by atoms with van der Waals surface area (Å²) in [4.78, 5) is 0. The van der Waals surface area contributed by atoms with Gasteiger partial charge in [0.2, 0.25) is 0 Å². The predicted molar refractivity (Wildman–Crippen MR) is 263 cm³/mol. The number of aromatic nitrogens is 1. The van der Waals surface area contributed by atoms with E-state index in [0.717, 1.165) is 0 Å². The van der Waals surface area contributed by atoms with Gasteiger partial charge < -0.3 is 0 Å². The number of hydrogen-bond donors (Lipinski definition) is 0. The largest absolute Gasteiger partial charge is 0.205 e. The number of rotatable bonds is 49. The highest BCUT2D eigenvalue weighted by molar-refractivity contribution is 5.15. The summed E-state index contributed by atoms with van der Waals surface area (Å²) in [6, 6.07) is 2.59. The minimum absolute atomic E-state index is 1.22. The summed E-state index contributed by atoms with van der Waals surface area (Å²) in [5.41, 5.74) is 3.23. The molecule has 0 N–H and O–H groups in total. The Kier molecular flexibility index (Phi) is 44.9. The van der Waals surface area contributed by atoms with Crippen LogP contribution in [-0.2, 0) is 19.4 Å². The third kappa shape index (κ3) is 40.6. The Labute approximate surface area is 368 Å². The summed E-state index contributed by atoms with van der Waals surface area (Å²) in [6.45, 7) is 8.17. The first-order valence-electron chi connectivity index (χ1n) is 27.8. The van der Waals surface area contributed by atoms with E-state index in [4.69, 9.17) is 0 Å². The molecular formula is C57H110N+. The van der Waals surface area contributed by atoms with Crippen molar-refractivity contribution in [1.82, 2.24) is 0 Å². The fraction of sp³-hybridized carbons (Fsp3) is 0.912. The van der Waals surface area contributed by atoms with Crippen molar-refractivity contribution in [2.75, 3.05) is 0 Å². The van der Waals surface area contributed by atoms with Crippen molar-refractivity contribution in [3.8, 4) is 0 Å². The van der Waals surface area contributed by atoms with Gasteiger partial charge in [-0.2, -0.15) is 0 Å². The molecule has 1 nitrogen and oxygen atoms in total. The molecule has 0 saturated heterocycles. The average molecular weight is 810 g/mol. The lowest BCUT2D eigenvalue weighted by Crippen LogP contribution is -2.34. The van der Waals surface area contributed by atoms with Gasteiger partial charge in [0.15, 0.2) is 12.4 Å². The van der Waals surface area contributed by atoms with Crippen molar-refractivity contribution >= 4 is 0 Å². The van der Waals surface area contributed by atoms with Gasteiger partial charge in [0.05, 0.1) is 0 Å². The van der Waals surface area contributed by atoms with Crippen LogP contribution in [0.25, 0.3) is 0 Å². The zero-order valence-electron chi connectivity index (χ0n) is 40.8. The smallest absolute Gasteiger partial charge is 0.171 e. The molecule has 0 unspecified atom stereocenters. The third-order valence-corrected chi connectivity index (χ3v) is 13.4. The number of hydrogen-bond acceptors (Lipinski definition) is 0. The molecule has 1 aromatic rings. The van der Waals surface area contributed by atoms with E-state index in [0.29, 0.717) is 0 Å². The normalized spacial score (nSPS) is 11.6. The Morgan fingerprint density at radius 2 is 0.431 bits per heavy atom. The van der Waals surface area contributed by atoms with Crippen LogP contribution >= 0.6 is 0 Å². The van der Waals surface area contributed by atoms with Gasteiger partial charge in [-0.25, -0.2) is 4.57 Å². The highest BCUT2D eigenvalue weighted by Gasteiger charge is 2.09. The van der Waals surface area contributed by atoms with Crippen LogP contribution in [0.3, 0.4) is 0 Å². The van der Waals surface area contributed by atoms with E-state index in [9.17, 15) is 0 Å². The maximum absolute atomic E-state index is 2.60. The van der Waals surface area contributed by atoms with Gasteiger partial charge in [-0.15, -0.1) is 0 Å². The van der Waals surface area contributed by atoms with Gasteiger partial charge in [-0.3, -0.25) is 0 Å². The number of unbranched alkanes of at least 4 members (excludes halogenated alkanes) is 43. The lowest BCUT2D eigenvalue weighted by molar-refractivity contribution is -0.698. The van der Waals surface area contributed by atoms with E-state index >= 15 is 0 Å². The van der Waals surface area contributed by atoms with Gasteiger partial charge in [0, 0.05) is 17.5 Å². The number of pyridine rings is 1. The molecule has 58 heavy (non-hydrogen) atoms. The maximum atomic E-state index is 2.60. The average Bonchev–Trinajstić information content (AvgIpc) is 3.23. The summed E-state index contributed by atoms with van der Waals surface area (Å²) >= 11 is 0. The van der Waals surface area contributed by atoms with Gasteiger partial charge in [0.25, 0.3) is 0 Å². The molecule has 0 aromatic carbocycles. The molecule has 1 heterocycles. The van der Waals surface area contributed by atoms with Crippen LogP contribution in [0, 0.1) is 0 Å². The molecule has 0 radical (unpaired) electrons. The Morgan fingerprint density at radius 1 is 0.241 bits per heavy atom. The second-order valence-electron chi connectivity index (χ2n) is 19.5. The molecule has 0 spiro atoms. The number of nitrogens with zero attached hydrogens (tertiary/aromatic N) is 1. The summed E-state index contributed by atoms with van der Waals surface area (Å²) in [5, 5.41) is 0. The molecular weight excluding hydrogens is 699 g/mol. The van der Waals surface area contributed by atoms with E-state index in [1.165, 1.54) is 315 Å². The summed E-state index contributed by atoms with van der Waals surface area (Å²) in [6.07, 6.45) is 74.2. The molecule has 1 heteroatoms. The van der Waals surface area contributed by atoms with Crippen molar-refractivity contribution in [1.29, 1.82) is 0 Å². The van der Waals surface area contributed by atoms with E-state index in [1.807, 2.05) is 0 Å². The maximum Gasteiger partial charge on any atom is 0.171 e. The van der Waals surface area contributed by atoms with Crippen LogP contribution in [0.15, 0.2) is 18.5 Å². The van der Waals surface area contributed by atoms with Gasteiger partial charge >= 0.3 is 0 Å². The highest BCUT2D eigenvalue weighted by atomic mass is 14.9. The molecule has 1 rings (SSSR count). The minimum Gasteiger partial charge on any atom is -0.205 e. The Hall–Kier alpha value is -0.850.